The van der Waals surface area contributed by atoms with Gasteiger partial charge in [0.05, 0.1) is 18.8 Å². The Labute approximate surface area is 119 Å². The van der Waals surface area contributed by atoms with Crippen molar-refractivity contribution in [3.05, 3.63) is 0 Å². The van der Waals surface area contributed by atoms with Crippen molar-refractivity contribution in [1.29, 1.82) is 0 Å². The summed E-state index contributed by atoms with van der Waals surface area (Å²) in [5.41, 5.74) is 0. The number of hydrogen-bond donors (Lipinski definition) is 0. The predicted molar refractivity (Wildman–Crippen MR) is 79.1 cm³/mol. The molecule has 2 fully saturated rings. The first kappa shape index (κ1) is 15.7. The van der Waals surface area contributed by atoms with Gasteiger partial charge in [0.25, 0.3) is 0 Å². The maximum absolute atomic E-state index is 6.12. The summed E-state index contributed by atoms with van der Waals surface area (Å²) in [5.74, 6) is 0. The van der Waals surface area contributed by atoms with Gasteiger partial charge in [-0.3, -0.25) is 0 Å². The summed E-state index contributed by atoms with van der Waals surface area (Å²) in [5, 5.41) is 0. The molecule has 0 aliphatic heterocycles. The fourth-order valence-electron chi connectivity index (χ4n) is 2.84. The molecular weight excluding hydrogens is 259 g/mol. The molecule has 0 aromatic carbocycles. The summed E-state index contributed by atoms with van der Waals surface area (Å²) in [6.45, 7) is 2.89. The molecule has 0 unspecified atom stereocenters. The molecule has 0 aromatic rings. The minimum absolute atomic E-state index is 0.375. The van der Waals surface area contributed by atoms with E-state index in [0.29, 0.717) is 12.2 Å². The van der Waals surface area contributed by atoms with E-state index in [0.717, 1.165) is 13.0 Å². The van der Waals surface area contributed by atoms with Crippen molar-refractivity contribution >= 4 is 8.60 Å². The first-order valence-electron chi connectivity index (χ1n) is 8.15. The van der Waals surface area contributed by atoms with Crippen LogP contribution in [0.3, 0.4) is 0 Å². The Hall–Kier alpha value is 0.310. The second-order valence-corrected chi connectivity index (χ2v) is 6.91. The smallest absolute Gasteiger partial charge is 0.312 e. The highest BCUT2D eigenvalue weighted by Gasteiger charge is 2.25. The minimum atomic E-state index is -1.11. The number of rotatable bonds is 7. The van der Waals surface area contributed by atoms with Crippen molar-refractivity contribution in [2.45, 2.75) is 89.8 Å². The Bertz CT molecular complexity index is 205. The van der Waals surface area contributed by atoms with Crippen LogP contribution in [0.25, 0.3) is 0 Å². The van der Waals surface area contributed by atoms with Gasteiger partial charge in [-0.2, -0.15) is 0 Å². The van der Waals surface area contributed by atoms with Crippen molar-refractivity contribution < 1.29 is 13.6 Å². The number of hydrogen-bond acceptors (Lipinski definition) is 3. The fourth-order valence-corrected chi connectivity index (χ4v) is 4.25. The zero-order valence-corrected chi connectivity index (χ0v) is 13.2. The van der Waals surface area contributed by atoms with Gasteiger partial charge in [0.15, 0.2) is 0 Å². The lowest BCUT2D eigenvalue weighted by Crippen LogP contribution is -2.19. The van der Waals surface area contributed by atoms with Crippen molar-refractivity contribution in [3.8, 4) is 0 Å². The van der Waals surface area contributed by atoms with E-state index in [1.165, 1.54) is 64.2 Å². The van der Waals surface area contributed by atoms with E-state index in [4.69, 9.17) is 13.6 Å². The minimum Gasteiger partial charge on any atom is -0.312 e. The molecule has 112 valence electrons. The maximum Gasteiger partial charge on any atom is 0.333 e. The van der Waals surface area contributed by atoms with Gasteiger partial charge in [-0.1, -0.05) is 45.4 Å². The van der Waals surface area contributed by atoms with Gasteiger partial charge in [0, 0.05) is 0 Å². The first-order valence-corrected chi connectivity index (χ1v) is 9.24. The Morgan fingerprint density at radius 3 is 1.68 bits per heavy atom. The maximum atomic E-state index is 6.12. The monoisotopic (exact) mass is 288 g/mol. The van der Waals surface area contributed by atoms with Gasteiger partial charge in [-0.05, 0) is 32.1 Å². The lowest BCUT2D eigenvalue weighted by atomic mass is 9.98. The molecule has 4 heteroatoms. The van der Waals surface area contributed by atoms with Crippen LogP contribution in [0.4, 0.5) is 0 Å². The Kier molecular flexibility index (Phi) is 7.67. The molecular formula is C15H29O3P. The second kappa shape index (κ2) is 9.28. The quantitative estimate of drug-likeness (QED) is 0.592. The van der Waals surface area contributed by atoms with Crippen LogP contribution in [0.15, 0.2) is 0 Å². The van der Waals surface area contributed by atoms with Crippen LogP contribution in [0.5, 0.6) is 0 Å². The van der Waals surface area contributed by atoms with E-state index in [2.05, 4.69) is 6.92 Å². The standard InChI is InChI=1S/C15H29O3P/c1-2-13-16-19(17-14-9-5-3-6-10-14)18-15-11-7-4-8-12-15/h14-15H,2-13H2,1H3. The highest BCUT2D eigenvalue weighted by Crippen LogP contribution is 2.46. The van der Waals surface area contributed by atoms with Gasteiger partial charge in [-0.25, -0.2) is 0 Å². The van der Waals surface area contributed by atoms with Crippen LogP contribution in [-0.4, -0.2) is 18.8 Å². The molecule has 3 nitrogen and oxygen atoms in total. The topological polar surface area (TPSA) is 27.7 Å². The Balaban J connectivity index is 1.75. The molecule has 0 atom stereocenters. The lowest BCUT2D eigenvalue weighted by Gasteiger charge is -2.29. The molecule has 0 aromatic heterocycles. The van der Waals surface area contributed by atoms with E-state index < -0.39 is 8.60 Å². The van der Waals surface area contributed by atoms with Gasteiger partial charge in [0.2, 0.25) is 0 Å². The van der Waals surface area contributed by atoms with E-state index >= 15 is 0 Å². The van der Waals surface area contributed by atoms with Crippen LogP contribution in [-0.2, 0) is 13.6 Å². The van der Waals surface area contributed by atoms with E-state index in [9.17, 15) is 0 Å². The fraction of sp³-hybridized carbons (Fsp3) is 1.00. The van der Waals surface area contributed by atoms with Crippen LogP contribution >= 0.6 is 8.60 Å². The van der Waals surface area contributed by atoms with Crippen molar-refractivity contribution in [2.24, 2.45) is 0 Å². The summed E-state index contributed by atoms with van der Waals surface area (Å²) >= 11 is 0. The third kappa shape index (κ3) is 6.08. The summed E-state index contributed by atoms with van der Waals surface area (Å²) < 4.78 is 18.1. The molecule has 2 aliphatic carbocycles. The van der Waals surface area contributed by atoms with Gasteiger partial charge in [-0.15, -0.1) is 0 Å². The second-order valence-electron chi connectivity index (χ2n) is 5.79. The lowest BCUT2D eigenvalue weighted by molar-refractivity contribution is 0.0611. The molecule has 2 aliphatic rings. The normalized spacial score (nSPS) is 23.1. The average molecular weight is 288 g/mol. The molecule has 19 heavy (non-hydrogen) atoms. The summed E-state index contributed by atoms with van der Waals surface area (Å²) in [6, 6.07) is 0. The zero-order chi connectivity index (χ0) is 13.3. The highest BCUT2D eigenvalue weighted by atomic mass is 31.2. The third-order valence-electron chi connectivity index (χ3n) is 3.98. The van der Waals surface area contributed by atoms with Gasteiger partial charge in [0.1, 0.15) is 0 Å². The molecule has 0 radical (unpaired) electrons. The molecule has 0 heterocycles. The van der Waals surface area contributed by atoms with Gasteiger partial charge < -0.3 is 13.6 Å². The largest absolute Gasteiger partial charge is 0.333 e. The van der Waals surface area contributed by atoms with E-state index in [1.54, 1.807) is 0 Å². The molecule has 0 N–H and O–H groups in total. The molecule has 2 saturated carbocycles. The predicted octanol–water partition coefficient (Wildman–Crippen LogP) is 5.34. The molecule has 2 rings (SSSR count). The van der Waals surface area contributed by atoms with E-state index in [-0.39, 0.29) is 0 Å². The molecule has 0 spiro atoms. The SMILES string of the molecule is CCCOP(OC1CCCCC1)OC1CCCCC1. The Morgan fingerprint density at radius 1 is 0.789 bits per heavy atom. The summed E-state index contributed by atoms with van der Waals surface area (Å²) in [6.07, 6.45) is 14.4. The summed E-state index contributed by atoms with van der Waals surface area (Å²) in [4.78, 5) is 0. The van der Waals surface area contributed by atoms with Crippen LogP contribution in [0.2, 0.25) is 0 Å². The van der Waals surface area contributed by atoms with E-state index in [1.807, 2.05) is 0 Å². The van der Waals surface area contributed by atoms with Crippen molar-refractivity contribution in [1.82, 2.24) is 0 Å². The van der Waals surface area contributed by atoms with Crippen LogP contribution < -0.4 is 0 Å². The first-order chi connectivity index (χ1) is 9.38. The van der Waals surface area contributed by atoms with Crippen molar-refractivity contribution in [2.75, 3.05) is 6.61 Å². The van der Waals surface area contributed by atoms with Crippen molar-refractivity contribution in [3.63, 3.8) is 0 Å². The van der Waals surface area contributed by atoms with Gasteiger partial charge >= 0.3 is 8.60 Å². The Morgan fingerprint density at radius 2 is 1.26 bits per heavy atom. The third-order valence-corrected chi connectivity index (χ3v) is 5.31. The van der Waals surface area contributed by atoms with Crippen LogP contribution in [0.1, 0.15) is 77.6 Å². The molecule has 0 amide bonds. The highest BCUT2D eigenvalue weighted by molar-refractivity contribution is 7.41. The molecule has 0 saturated heterocycles. The summed E-state index contributed by atoms with van der Waals surface area (Å²) in [7, 11) is -1.11. The van der Waals surface area contributed by atoms with Crippen LogP contribution in [0, 0.1) is 0 Å². The zero-order valence-electron chi connectivity index (χ0n) is 12.3. The average Bonchev–Trinajstić information content (AvgIpc) is 2.47. The molecule has 0 bridgehead atoms.